The first-order chi connectivity index (χ1) is 13.7. The van der Waals surface area contributed by atoms with Crippen LogP contribution in [0.1, 0.15) is 25.6 Å². The van der Waals surface area contributed by atoms with Gasteiger partial charge in [-0.3, -0.25) is 9.69 Å². The predicted octanol–water partition coefficient (Wildman–Crippen LogP) is 2.94. The van der Waals surface area contributed by atoms with Gasteiger partial charge in [-0.1, -0.05) is 6.07 Å². The number of nitrogens with one attached hydrogen (secondary N) is 1. The van der Waals surface area contributed by atoms with Gasteiger partial charge < -0.3 is 9.88 Å². The Morgan fingerprint density at radius 2 is 2.18 bits per heavy atom. The Morgan fingerprint density at radius 3 is 3.00 bits per heavy atom. The molecule has 1 aliphatic rings. The molecule has 4 rings (SSSR count). The van der Waals surface area contributed by atoms with Crippen LogP contribution >= 0.6 is 0 Å². The maximum Gasteiger partial charge on any atom is 0.228 e. The fourth-order valence-electron chi connectivity index (χ4n) is 3.78. The van der Waals surface area contributed by atoms with E-state index in [0.717, 1.165) is 56.2 Å². The van der Waals surface area contributed by atoms with Crippen molar-refractivity contribution in [2.75, 3.05) is 18.4 Å². The number of nitrogens with zero attached hydrogens (tertiary/aromatic N) is 5. The van der Waals surface area contributed by atoms with Crippen LogP contribution in [0.15, 0.2) is 55.1 Å². The number of anilines is 1. The van der Waals surface area contributed by atoms with Gasteiger partial charge in [-0.2, -0.15) is 5.10 Å². The van der Waals surface area contributed by atoms with Crippen molar-refractivity contribution >= 4 is 11.6 Å². The monoisotopic (exact) mass is 378 g/mol. The minimum Gasteiger partial charge on any atom is -0.334 e. The Morgan fingerprint density at radius 1 is 1.25 bits per heavy atom. The third kappa shape index (κ3) is 4.14. The lowest BCUT2D eigenvalue weighted by molar-refractivity contribution is -0.121. The molecule has 0 spiro atoms. The van der Waals surface area contributed by atoms with Crippen LogP contribution in [0.3, 0.4) is 0 Å². The van der Waals surface area contributed by atoms with Crippen LogP contribution < -0.4 is 5.32 Å². The molecule has 1 amide bonds. The van der Waals surface area contributed by atoms with E-state index in [0.29, 0.717) is 0 Å². The highest BCUT2D eigenvalue weighted by molar-refractivity contribution is 5.93. The fraction of sp³-hybridized carbons (Fsp3) is 0.381. The molecule has 1 atom stereocenters. The lowest BCUT2D eigenvalue weighted by Gasteiger charge is -2.31. The molecule has 1 aromatic carbocycles. The van der Waals surface area contributed by atoms with E-state index >= 15 is 0 Å². The van der Waals surface area contributed by atoms with Crippen molar-refractivity contribution in [3.63, 3.8) is 0 Å². The molecule has 1 N–H and O–H groups in total. The summed E-state index contributed by atoms with van der Waals surface area (Å²) in [5, 5.41) is 7.33. The number of carbonyl (C=O) groups excluding carboxylic acids is 1. The van der Waals surface area contributed by atoms with Crippen LogP contribution in [-0.2, 0) is 17.9 Å². The zero-order valence-corrected chi connectivity index (χ0v) is 16.2. The molecule has 3 heterocycles. The molecule has 0 radical (unpaired) electrons. The predicted molar refractivity (Wildman–Crippen MR) is 108 cm³/mol. The highest BCUT2D eigenvalue weighted by Crippen LogP contribution is 2.21. The molecule has 0 aliphatic carbocycles. The van der Waals surface area contributed by atoms with E-state index in [9.17, 15) is 4.79 Å². The van der Waals surface area contributed by atoms with E-state index in [-0.39, 0.29) is 11.8 Å². The number of hydrogen-bond donors (Lipinski definition) is 1. The summed E-state index contributed by atoms with van der Waals surface area (Å²) in [6.07, 6.45) is 9.43. The molecule has 3 aromatic rings. The second kappa shape index (κ2) is 8.39. The Balaban J connectivity index is 1.39. The SMILES string of the molecule is CCn1ccnc1CN1CCCC(C(=O)Nc2cccc(-n3cccn3)c2)C1. The van der Waals surface area contributed by atoms with Gasteiger partial charge in [0.25, 0.3) is 0 Å². The highest BCUT2D eigenvalue weighted by atomic mass is 16.1. The van der Waals surface area contributed by atoms with E-state index in [4.69, 9.17) is 0 Å². The van der Waals surface area contributed by atoms with Crippen molar-refractivity contribution in [3.05, 3.63) is 60.9 Å². The van der Waals surface area contributed by atoms with E-state index in [1.807, 2.05) is 48.9 Å². The van der Waals surface area contributed by atoms with Crippen molar-refractivity contribution in [2.45, 2.75) is 32.9 Å². The number of piperidine rings is 1. The maximum atomic E-state index is 12.9. The first kappa shape index (κ1) is 18.4. The number of amides is 1. The summed E-state index contributed by atoms with van der Waals surface area (Å²) < 4.78 is 3.94. The Labute approximate surface area is 165 Å². The molecule has 0 bridgehead atoms. The van der Waals surface area contributed by atoms with Gasteiger partial charge in [0.2, 0.25) is 5.91 Å². The normalized spacial score (nSPS) is 17.5. The third-order valence-electron chi connectivity index (χ3n) is 5.27. The lowest BCUT2D eigenvalue weighted by atomic mass is 9.97. The van der Waals surface area contributed by atoms with Gasteiger partial charge in [0.15, 0.2) is 0 Å². The van der Waals surface area contributed by atoms with Gasteiger partial charge >= 0.3 is 0 Å². The lowest BCUT2D eigenvalue weighted by Crippen LogP contribution is -2.40. The summed E-state index contributed by atoms with van der Waals surface area (Å²) in [6.45, 7) is 5.60. The largest absolute Gasteiger partial charge is 0.334 e. The molecule has 28 heavy (non-hydrogen) atoms. The maximum absolute atomic E-state index is 12.9. The molecule has 0 saturated carbocycles. The topological polar surface area (TPSA) is 68.0 Å². The molecule has 7 nitrogen and oxygen atoms in total. The molecule has 1 saturated heterocycles. The smallest absolute Gasteiger partial charge is 0.228 e. The van der Waals surface area contributed by atoms with Gasteiger partial charge in [0.05, 0.1) is 18.2 Å². The van der Waals surface area contributed by atoms with E-state index < -0.39 is 0 Å². The van der Waals surface area contributed by atoms with Gasteiger partial charge in [-0.15, -0.1) is 0 Å². The van der Waals surface area contributed by atoms with Crippen molar-refractivity contribution in [3.8, 4) is 5.69 Å². The average Bonchev–Trinajstić information content (AvgIpc) is 3.40. The summed E-state index contributed by atoms with van der Waals surface area (Å²) in [4.78, 5) is 19.7. The van der Waals surface area contributed by atoms with Crippen molar-refractivity contribution in [2.24, 2.45) is 5.92 Å². The zero-order valence-electron chi connectivity index (χ0n) is 16.2. The zero-order chi connectivity index (χ0) is 19.3. The van der Waals surface area contributed by atoms with Gasteiger partial charge in [0, 0.05) is 43.6 Å². The van der Waals surface area contributed by atoms with Crippen molar-refractivity contribution < 1.29 is 4.79 Å². The van der Waals surface area contributed by atoms with Crippen LogP contribution in [0.25, 0.3) is 5.69 Å². The Bertz CT molecular complexity index is 917. The fourth-order valence-corrected chi connectivity index (χ4v) is 3.78. The number of aromatic nitrogens is 4. The molecule has 1 aliphatic heterocycles. The molecule has 1 unspecified atom stereocenters. The van der Waals surface area contributed by atoms with Crippen LogP contribution in [0.2, 0.25) is 0 Å². The first-order valence-corrected chi connectivity index (χ1v) is 9.86. The van der Waals surface area contributed by atoms with Crippen molar-refractivity contribution in [1.82, 2.24) is 24.2 Å². The number of likely N-dealkylation sites (tertiary alicyclic amines) is 1. The van der Waals surface area contributed by atoms with E-state index in [1.165, 1.54) is 0 Å². The number of imidazole rings is 1. The summed E-state index contributed by atoms with van der Waals surface area (Å²) in [7, 11) is 0. The van der Waals surface area contributed by atoms with Gasteiger partial charge in [-0.05, 0) is 50.6 Å². The highest BCUT2D eigenvalue weighted by Gasteiger charge is 2.26. The van der Waals surface area contributed by atoms with Gasteiger partial charge in [0.1, 0.15) is 5.82 Å². The van der Waals surface area contributed by atoms with Crippen LogP contribution in [0.5, 0.6) is 0 Å². The van der Waals surface area contributed by atoms with Crippen LogP contribution in [0, 0.1) is 5.92 Å². The minimum atomic E-state index is -0.00727. The average molecular weight is 378 g/mol. The number of carbonyl (C=O) groups is 1. The number of benzene rings is 1. The number of aryl methyl sites for hydroxylation is 1. The summed E-state index contributed by atoms with van der Waals surface area (Å²) in [5.41, 5.74) is 1.73. The second-order valence-electron chi connectivity index (χ2n) is 7.19. The number of hydrogen-bond acceptors (Lipinski definition) is 4. The standard InChI is InChI=1S/C21H26N6O/c1-2-26-13-10-22-20(26)16-25-11-4-6-17(15-25)21(28)24-18-7-3-8-19(14-18)27-12-5-9-23-27/h3,5,7-10,12-14,17H,2,4,6,11,15-16H2,1H3,(H,24,28). The molecular formula is C21H26N6O. The van der Waals surface area contributed by atoms with E-state index in [2.05, 4.69) is 31.8 Å². The minimum absolute atomic E-state index is 0.00727. The summed E-state index contributed by atoms with van der Waals surface area (Å²) >= 11 is 0. The molecule has 146 valence electrons. The van der Waals surface area contributed by atoms with Crippen LogP contribution in [0.4, 0.5) is 5.69 Å². The first-order valence-electron chi connectivity index (χ1n) is 9.86. The van der Waals surface area contributed by atoms with Gasteiger partial charge in [-0.25, -0.2) is 9.67 Å². The van der Waals surface area contributed by atoms with E-state index in [1.54, 1.807) is 10.9 Å². The molecule has 1 fully saturated rings. The van der Waals surface area contributed by atoms with Crippen molar-refractivity contribution in [1.29, 1.82) is 0 Å². The molecular weight excluding hydrogens is 352 g/mol. The third-order valence-corrected chi connectivity index (χ3v) is 5.27. The summed E-state index contributed by atoms with van der Waals surface area (Å²) in [6, 6.07) is 9.66. The van der Waals surface area contributed by atoms with Crippen LogP contribution in [-0.4, -0.2) is 43.2 Å². The molecule has 7 heteroatoms. The quantitative estimate of drug-likeness (QED) is 0.716. The Hall–Kier alpha value is -2.93. The summed E-state index contributed by atoms with van der Waals surface area (Å²) in [5.74, 6) is 1.14. The second-order valence-corrected chi connectivity index (χ2v) is 7.19. The Kier molecular flexibility index (Phi) is 5.53. The molecule has 2 aromatic heterocycles. The number of rotatable bonds is 6.